The third-order valence-electron chi connectivity index (χ3n) is 2.31. The average Bonchev–Trinajstić information content (AvgIpc) is 2.37. The van der Waals surface area contributed by atoms with Gasteiger partial charge in [0.15, 0.2) is 11.6 Å². The van der Waals surface area contributed by atoms with E-state index in [1.165, 1.54) is 26.4 Å². The molecule has 0 amide bonds. The van der Waals surface area contributed by atoms with Gasteiger partial charge in [0, 0.05) is 4.91 Å². The van der Waals surface area contributed by atoms with Crippen molar-refractivity contribution in [1.29, 1.82) is 0 Å². The van der Waals surface area contributed by atoms with E-state index in [0.717, 1.165) is 0 Å². The van der Waals surface area contributed by atoms with Crippen molar-refractivity contribution < 1.29 is 18.7 Å². The molecule has 1 aromatic rings. The summed E-state index contributed by atoms with van der Waals surface area (Å²) in [5, 5.41) is 3.31. The number of methoxy groups -OCH3 is 2. The highest BCUT2D eigenvalue weighted by Gasteiger charge is 2.18. The van der Waals surface area contributed by atoms with E-state index in [1.807, 2.05) is 0 Å². The van der Waals surface area contributed by atoms with Crippen LogP contribution in [0.1, 0.15) is 5.56 Å². The average molecular weight is 253 g/mol. The summed E-state index contributed by atoms with van der Waals surface area (Å²) in [4.78, 5) is 13.9. The maximum atomic E-state index is 13.4. The Balaban J connectivity index is 2.90. The van der Waals surface area contributed by atoms with E-state index in [2.05, 4.69) is 14.8 Å². The molecule has 0 aliphatic rings. The molecule has 0 saturated heterocycles. The second-order valence-corrected chi connectivity index (χ2v) is 3.42. The molecule has 0 radical (unpaired) electrons. The lowest BCUT2D eigenvalue weighted by Crippen LogP contribution is -2.22. The minimum atomic E-state index is -1.01. The van der Waals surface area contributed by atoms with Gasteiger partial charge in [0.1, 0.15) is 6.04 Å². The highest BCUT2D eigenvalue weighted by Crippen LogP contribution is 2.19. The summed E-state index contributed by atoms with van der Waals surface area (Å²) in [6.07, 6.45) is 0.0671. The van der Waals surface area contributed by atoms with E-state index in [4.69, 9.17) is 10.3 Å². The Bertz CT molecular complexity index is 486. The van der Waals surface area contributed by atoms with E-state index in [0.29, 0.717) is 5.56 Å². The Hall–Kier alpha value is -2.27. The predicted molar refractivity (Wildman–Crippen MR) is 61.6 cm³/mol. The van der Waals surface area contributed by atoms with Crippen molar-refractivity contribution in [3.63, 3.8) is 0 Å². The van der Waals surface area contributed by atoms with Gasteiger partial charge in [-0.2, -0.15) is 0 Å². The number of azide groups is 1. The van der Waals surface area contributed by atoms with Gasteiger partial charge in [-0.15, -0.1) is 0 Å². The second kappa shape index (κ2) is 6.46. The number of nitrogens with zero attached hydrogens (tertiary/aromatic N) is 3. The summed E-state index contributed by atoms with van der Waals surface area (Å²) in [6.45, 7) is 0. The number of rotatable bonds is 5. The first-order valence-electron chi connectivity index (χ1n) is 5.06. The number of hydrogen-bond donors (Lipinski definition) is 0. The van der Waals surface area contributed by atoms with Crippen LogP contribution in [0.4, 0.5) is 4.39 Å². The van der Waals surface area contributed by atoms with Gasteiger partial charge >= 0.3 is 5.97 Å². The van der Waals surface area contributed by atoms with Crippen LogP contribution in [0.25, 0.3) is 10.4 Å². The van der Waals surface area contributed by atoms with Gasteiger partial charge < -0.3 is 9.47 Å². The lowest BCUT2D eigenvalue weighted by molar-refractivity contribution is -0.142. The number of carbonyl (C=O) groups is 1. The van der Waals surface area contributed by atoms with Gasteiger partial charge in [-0.25, -0.2) is 4.39 Å². The largest absolute Gasteiger partial charge is 0.494 e. The molecular formula is C11H12FN3O3. The van der Waals surface area contributed by atoms with Gasteiger partial charge in [-0.1, -0.05) is 11.2 Å². The lowest BCUT2D eigenvalue weighted by atomic mass is 10.1. The molecule has 0 unspecified atom stereocenters. The maximum Gasteiger partial charge on any atom is 0.314 e. The monoisotopic (exact) mass is 253 g/mol. The van der Waals surface area contributed by atoms with Gasteiger partial charge in [0.25, 0.3) is 0 Å². The number of carbonyl (C=O) groups excluding carboxylic acids is 1. The first kappa shape index (κ1) is 13.8. The van der Waals surface area contributed by atoms with E-state index in [-0.39, 0.29) is 12.2 Å². The lowest BCUT2D eigenvalue weighted by Gasteiger charge is -2.09. The van der Waals surface area contributed by atoms with Crippen LogP contribution in [-0.2, 0) is 16.0 Å². The van der Waals surface area contributed by atoms with Crippen LogP contribution in [0.5, 0.6) is 5.75 Å². The number of halogens is 1. The zero-order chi connectivity index (χ0) is 13.5. The molecular weight excluding hydrogens is 241 g/mol. The summed E-state index contributed by atoms with van der Waals surface area (Å²) in [5.74, 6) is -1.10. The van der Waals surface area contributed by atoms with Crippen molar-refractivity contribution in [2.75, 3.05) is 14.2 Å². The van der Waals surface area contributed by atoms with E-state index in [9.17, 15) is 9.18 Å². The molecule has 18 heavy (non-hydrogen) atoms. The van der Waals surface area contributed by atoms with Crippen molar-refractivity contribution in [2.45, 2.75) is 12.5 Å². The fourth-order valence-corrected chi connectivity index (χ4v) is 1.43. The number of esters is 1. The molecule has 0 heterocycles. The number of hydrogen-bond acceptors (Lipinski definition) is 4. The molecule has 7 heteroatoms. The van der Waals surface area contributed by atoms with Crippen LogP contribution in [0.2, 0.25) is 0 Å². The molecule has 96 valence electrons. The Morgan fingerprint density at radius 1 is 1.56 bits per heavy atom. The highest BCUT2D eigenvalue weighted by atomic mass is 19.1. The molecule has 0 N–H and O–H groups in total. The molecule has 0 aliphatic heterocycles. The van der Waals surface area contributed by atoms with Crippen LogP contribution >= 0.6 is 0 Å². The normalized spacial score (nSPS) is 11.3. The zero-order valence-corrected chi connectivity index (χ0v) is 9.96. The topological polar surface area (TPSA) is 84.3 Å². The van der Waals surface area contributed by atoms with Crippen molar-refractivity contribution in [2.24, 2.45) is 5.11 Å². The summed E-state index contributed by atoms with van der Waals surface area (Å²) >= 11 is 0. The first-order valence-corrected chi connectivity index (χ1v) is 5.06. The van der Waals surface area contributed by atoms with Gasteiger partial charge in [0.2, 0.25) is 0 Å². The fourth-order valence-electron chi connectivity index (χ4n) is 1.43. The molecule has 0 fully saturated rings. The van der Waals surface area contributed by atoms with Crippen LogP contribution in [-0.4, -0.2) is 26.2 Å². The summed E-state index contributed by atoms with van der Waals surface area (Å²) in [7, 11) is 2.55. The molecule has 1 aromatic carbocycles. The van der Waals surface area contributed by atoms with Crippen LogP contribution < -0.4 is 4.74 Å². The molecule has 1 rings (SSSR count). The molecule has 0 bridgehead atoms. The van der Waals surface area contributed by atoms with E-state index < -0.39 is 17.8 Å². The molecule has 6 nitrogen and oxygen atoms in total. The Kier molecular flexibility index (Phi) is 4.95. The molecule has 0 spiro atoms. The van der Waals surface area contributed by atoms with Crippen LogP contribution in [0.15, 0.2) is 23.3 Å². The molecule has 0 aromatic heterocycles. The summed E-state index contributed by atoms with van der Waals surface area (Å²) in [6, 6.07) is 3.24. The number of benzene rings is 1. The SMILES string of the molecule is COC(=O)[C@H](Cc1ccc(OC)c(F)c1)N=[N+]=[N-]. The fraction of sp³-hybridized carbons (Fsp3) is 0.364. The maximum absolute atomic E-state index is 13.4. The van der Waals surface area contributed by atoms with Crippen molar-refractivity contribution in [3.8, 4) is 5.75 Å². The third kappa shape index (κ3) is 3.36. The zero-order valence-electron chi connectivity index (χ0n) is 9.96. The molecule has 0 saturated carbocycles. The summed E-state index contributed by atoms with van der Waals surface area (Å²) < 4.78 is 22.7. The molecule has 0 aliphatic carbocycles. The van der Waals surface area contributed by atoms with E-state index >= 15 is 0 Å². The molecule has 1 atom stereocenters. The summed E-state index contributed by atoms with van der Waals surface area (Å²) in [5.41, 5.74) is 8.86. The standard InChI is InChI=1S/C11H12FN3O3/c1-17-10-4-3-7(5-8(10)12)6-9(14-15-13)11(16)18-2/h3-5,9H,6H2,1-2H3/t9-/m0/s1. The smallest absolute Gasteiger partial charge is 0.314 e. The number of ether oxygens (including phenoxy) is 2. The van der Waals surface area contributed by atoms with Crippen molar-refractivity contribution >= 4 is 5.97 Å². The van der Waals surface area contributed by atoms with Gasteiger partial charge in [0.05, 0.1) is 14.2 Å². The third-order valence-corrected chi connectivity index (χ3v) is 2.31. The quantitative estimate of drug-likeness (QED) is 0.349. The predicted octanol–water partition coefficient (Wildman–Crippen LogP) is 2.23. The highest BCUT2D eigenvalue weighted by molar-refractivity contribution is 5.76. The first-order chi connectivity index (χ1) is 8.62. The minimum absolute atomic E-state index is 0.0671. The van der Waals surface area contributed by atoms with Crippen molar-refractivity contribution in [1.82, 2.24) is 0 Å². The second-order valence-electron chi connectivity index (χ2n) is 3.42. The van der Waals surface area contributed by atoms with Gasteiger partial charge in [-0.05, 0) is 29.6 Å². The minimum Gasteiger partial charge on any atom is -0.494 e. The Morgan fingerprint density at radius 2 is 2.28 bits per heavy atom. The Morgan fingerprint density at radius 3 is 2.78 bits per heavy atom. The van der Waals surface area contributed by atoms with Crippen LogP contribution in [0, 0.1) is 5.82 Å². The van der Waals surface area contributed by atoms with Gasteiger partial charge in [-0.3, -0.25) is 4.79 Å². The van der Waals surface area contributed by atoms with E-state index in [1.54, 1.807) is 6.07 Å². The Labute approximate surface area is 103 Å². The van der Waals surface area contributed by atoms with Crippen LogP contribution in [0.3, 0.4) is 0 Å². The van der Waals surface area contributed by atoms with Crippen molar-refractivity contribution in [3.05, 3.63) is 40.0 Å².